The molecule has 2 aromatic rings. The predicted octanol–water partition coefficient (Wildman–Crippen LogP) is 4.31. The number of fused-ring (bicyclic) bond motifs is 1. The lowest BCUT2D eigenvalue weighted by molar-refractivity contribution is 0.0602. The van der Waals surface area contributed by atoms with Gasteiger partial charge < -0.3 is 9.64 Å². The molecule has 3 heterocycles. The molecule has 1 amide bonds. The van der Waals surface area contributed by atoms with Crippen molar-refractivity contribution < 1.29 is 9.53 Å². The Hall–Kier alpha value is -1.81. The van der Waals surface area contributed by atoms with Crippen LogP contribution >= 0.6 is 11.3 Å². The van der Waals surface area contributed by atoms with Gasteiger partial charge in [-0.3, -0.25) is 4.79 Å². The third-order valence-electron chi connectivity index (χ3n) is 5.13. The second-order valence-electron chi connectivity index (χ2n) is 6.69. The molecule has 1 unspecified atom stereocenters. The lowest BCUT2D eigenvalue weighted by atomic mass is 9.96. The number of benzene rings is 1. The van der Waals surface area contributed by atoms with Crippen LogP contribution in [0.25, 0.3) is 0 Å². The summed E-state index contributed by atoms with van der Waals surface area (Å²) in [5.41, 5.74) is 2.00. The number of rotatable bonds is 4. The fourth-order valence-corrected chi connectivity index (χ4v) is 4.54. The van der Waals surface area contributed by atoms with E-state index in [1.807, 2.05) is 29.5 Å². The van der Waals surface area contributed by atoms with Gasteiger partial charge in [-0.05, 0) is 67.3 Å². The summed E-state index contributed by atoms with van der Waals surface area (Å²) in [6, 6.07) is 10.6. The number of hydrogen-bond donors (Lipinski definition) is 0. The van der Waals surface area contributed by atoms with Crippen LogP contribution in [0.5, 0.6) is 5.75 Å². The summed E-state index contributed by atoms with van der Waals surface area (Å²) in [7, 11) is 0. The van der Waals surface area contributed by atoms with Gasteiger partial charge in [0.05, 0.1) is 6.61 Å². The number of piperidine rings is 1. The summed E-state index contributed by atoms with van der Waals surface area (Å²) in [5.74, 6) is 1.14. The summed E-state index contributed by atoms with van der Waals surface area (Å²) < 4.78 is 5.56. The largest absolute Gasteiger partial charge is 0.493 e. The van der Waals surface area contributed by atoms with E-state index >= 15 is 0 Å². The Bertz CT molecular complexity index is 710. The molecule has 4 rings (SSSR count). The third-order valence-corrected chi connectivity index (χ3v) is 6.06. The Morgan fingerprint density at radius 3 is 3.12 bits per heavy atom. The molecule has 0 bridgehead atoms. The number of amides is 1. The van der Waals surface area contributed by atoms with Gasteiger partial charge in [0.1, 0.15) is 5.75 Å². The maximum absolute atomic E-state index is 13.1. The Kier molecular flexibility index (Phi) is 4.56. The highest BCUT2D eigenvalue weighted by Crippen LogP contribution is 2.28. The van der Waals surface area contributed by atoms with Crippen molar-refractivity contribution in [2.45, 2.75) is 44.6 Å². The Balaban J connectivity index is 1.48. The van der Waals surface area contributed by atoms with Crippen LogP contribution in [0.2, 0.25) is 0 Å². The molecule has 0 aliphatic carbocycles. The molecule has 1 aromatic heterocycles. The average Bonchev–Trinajstić information content (AvgIpc) is 3.30. The van der Waals surface area contributed by atoms with E-state index in [2.05, 4.69) is 22.4 Å². The molecule has 2 aliphatic rings. The first kappa shape index (κ1) is 15.7. The second-order valence-corrected chi connectivity index (χ2v) is 7.72. The number of thiophene rings is 1. The second kappa shape index (κ2) is 6.98. The monoisotopic (exact) mass is 341 g/mol. The maximum atomic E-state index is 13.1. The highest BCUT2D eigenvalue weighted by molar-refractivity contribution is 7.09. The summed E-state index contributed by atoms with van der Waals surface area (Å²) in [5, 5.41) is 2.13. The van der Waals surface area contributed by atoms with Gasteiger partial charge in [-0.1, -0.05) is 6.07 Å². The number of aryl methyl sites for hydroxylation is 1. The third kappa shape index (κ3) is 3.20. The van der Waals surface area contributed by atoms with Crippen molar-refractivity contribution in [2.75, 3.05) is 13.2 Å². The molecular weight excluding hydrogens is 318 g/mol. The fraction of sp³-hybridized carbons (Fsp3) is 0.450. The van der Waals surface area contributed by atoms with Crippen molar-refractivity contribution in [3.63, 3.8) is 0 Å². The molecule has 4 heteroatoms. The van der Waals surface area contributed by atoms with Crippen LogP contribution in [-0.4, -0.2) is 30.0 Å². The van der Waals surface area contributed by atoms with E-state index in [1.165, 1.54) is 16.9 Å². The van der Waals surface area contributed by atoms with Crippen molar-refractivity contribution in [1.82, 2.24) is 4.90 Å². The van der Waals surface area contributed by atoms with Crippen LogP contribution in [0.1, 0.15) is 46.5 Å². The van der Waals surface area contributed by atoms with Crippen molar-refractivity contribution in [2.24, 2.45) is 0 Å². The van der Waals surface area contributed by atoms with E-state index in [0.717, 1.165) is 56.6 Å². The predicted molar refractivity (Wildman–Crippen MR) is 97.0 cm³/mol. The van der Waals surface area contributed by atoms with Gasteiger partial charge in [0.2, 0.25) is 0 Å². The lowest BCUT2D eigenvalue weighted by Gasteiger charge is -2.36. The first-order chi connectivity index (χ1) is 11.8. The molecule has 0 saturated carbocycles. The average molecular weight is 341 g/mol. The van der Waals surface area contributed by atoms with Gasteiger partial charge in [0.15, 0.2) is 0 Å². The smallest absolute Gasteiger partial charge is 0.254 e. The van der Waals surface area contributed by atoms with Gasteiger partial charge in [-0.2, -0.15) is 0 Å². The summed E-state index contributed by atoms with van der Waals surface area (Å²) in [6.07, 6.45) is 6.54. The van der Waals surface area contributed by atoms with E-state index in [1.54, 1.807) is 0 Å². The molecule has 0 radical (unpaired) electrons. The Morgan fingerprint density at radius 2 is 2.25 bits per heavy atom. The highest BCUT2D eigenvalue weighted by atomic mass is 32.1. The molecule has 2 aliphatic heterocycles. The first-order valence-electron chi connectivity index (χ1n) is 8.90. The van der Waals surface area contributed by atoms with E-state index in [0.29, 0.717) is 6.04 Å². The lowest BCUT2D eigenvalue weighted by Crippen LogP contribution is -2.44. The van der Waals surface area contributed by atoms with Gasteiger partial charge in [-0.25, -0.2) is 0 Å². The van der Waals surface area contributed by atoms with Crippen molar-refractivity contribution in [1.29, 1.82) is 0 Å². The quantitative estimate of drug-likeness (QED) is 0.829. The number of ether oxygens (including phenoxy) is 1. The molecular formula is C20H23NO2S. The summed E-state index contributed by atoms with van der Waals surface area (Å²) in [4.78, 5) is 16.6. The van der Waals surface area contributed by atoms with E-state index in [-0.39, 0.29) is 5.91 Å². The number of carbonyl (C=O) groups excluding carboxylic acids is 1. The zero-order valence-corrected chi connectivity index (χ0v) is 14.7. The van der Waals surface area contributed by atoms with Crippen LogP contribution < -0.4 is 4.74 Å². The topological polar surface area (TPSA) is 29.5 Å². The van der Waals surface area contributed by atoms with Crippen LogP contribution in [0.3, 0.4) is 0 Å². The van der Waals surface area contributed by atoms with Crippen LogP contribution in [0.4, 0.5) is 0 Å². The molecule has 0 N–H and O–H groups in total. The van der Waals surface area contributed by atoms with Gasteiger partial charge in [-0.15, -0.1) is 11.3 Å². The van der Waals surface area contributed by atoms with Crippen molar-refractivity contribution in [3.05, 3.63) is 51.7 Å². The zero-order valence-electron chi connectivity index (χ0n) is 13.9. The van der Waals surface area contributed by atoms with E-state index in [9.17, 15) is 4.79 Å². The summed E-state index contributed by atoms with van der Waals surface area (Å²) >= 11 is 1.81. The van der Waals surface area contributed by atoms with Crippen LogP contribution in [-0.2, 0) is 12.8 Å². The van der Waals surface area contributed by atoms with Gasteiger partial charge in [0.25, 0.3) is 5.91 Å². The van der Waals surface area contributed by atoms with Crippen LogP contribution in [0.15, 0.2) is 35.7 Å². The first-order valence-corrected chi connectivity index (χ1v) is 9.78. The normalized spacial score (nSPS) is 19.8. The van der Waals surface area contributed by atoms with Gasteiger partial charge in [0, 0.05) is 29.4 Å². The Labute approximate surface area is 147 Å². The fourth-order valence-electron chi connectivity index (χ4n) is 3.82. The Morgan fingerprint density at radius 1 is 1.29 bits per heavy atom. The standard InChI is InChI=1S/C20H23NO2S/c22-20(16-6-9-19-15(14-16)10-12-23-19)21-11-2-1-4-17(21)7-8-18-5-3-13-24-18/h3,5-6,9,13-14,17H,1-2,4,7-8,10-12H2. The number of nitrogens with zero attached hydrogens (tertiary/aromatic N) is 1. The minimum atomic E-state index is 0.195. The highest BCUT2D eigenvalue weighted by Gasteiger charge is 2.28. The van der Waals surface area contributed by atoms with Gasteiger partial charge >= 0.3 is 0 Å². The number of hydrogen-bond acceptors (Lipinski definition) is 3. The van der Waals surface area contributed by atoms with Crippen molar-refractivity contribution in [3.8, 4) is 5.75 Å². The zero-order chi connectivity index (χ0) is 16.4. The van der Waals surface area contributed by atoms with Crippen molar-refractivity contribution >= 4 is 17.2 Å². The molecule has 1 fully saturated rings. The maximum Gasteiger partial charge on any atom is 0.254 e. The molecule has 3 nitrogen and oxygen atoms in total. The molecule has 126 valence electrons. The minimum Gasteiger partial charge on any atom is -0.493 e. The molecule has 1 saturated heterocycles. The number of carbonyl (C=O) groups is 1. The number of likely N-dealkylation sites (tertiary alicyclic amines) is 1. The molecule has 0 spiro atoms. The SMILES string of the molecule is O=C(c1ccc2c(c1)CCO2)N1CCCCC1CCc1cccs1. The molecule has 24 heavy (non-hydrogen) atoms. The summed E-state index contributed by atoms with van der Waals surface area (Å²) in [6.45, 7) is 1.63. The molecule has 1 atom stereocenters. The minimum absolute atomic E-state index is 0.195. The molecule has 1 aromatic carbocycles. The van der Waals surface area contributed by atoms with E-state index in [4.69, 9.17) is 4.74 Å². The van der Waals surface area contributed by atoms with Crippen LogP contribution in [0, 0.1) is 0 Å². The van der Waals surface area contributed by atoms with E-state index < -0.39 is 0 Å².